The van der Waals surface area contributed by atoms with Gasteiger partial charge in [-0.25, -0.2) is 0 Å². The third-order valence-electron chi connectivity index (χ3n) is 3.64. The normalized spacial score (nSPS) is 11.8. The molecule has 0 fully saturated rings. The third-order valence-corrected chi connectivity index (χ3v) is 4.17. The molecule has 0 saturated carbocycles. The predicted octanol–water partition coefficient (Wildman–Crippen LogP) is 3.41. The van der Waals surface area contributed by atoms with Gasteiger partial charge in [0.05, 0.1) is 5.56 Å². The summed E-state index contributed by atoms with van der Waals surface area (Å²) in [4.78, 5) is 25.2. The fraction of sp³-hybridized carbons (Fsp3) is 0.263. The van der Waals surface area contributed by atoms with E-state index in [1.807, 2.05) is 26.0 Å². The number of halogens is 1. The molecule has 2 rings (SSSR count). The summed E-state index contributed by atoms with van der Waals surface area (Å²) in [5, 5.41) is 6.11. The predicted molar refractivity (Wildman–Crippen MR) is 99.5 cm³/mol. The second-order valence-electron chi connectivity index (χ2n) is 5.55. The van der Waals surface area contributed by atoms with Crippen molar-refractivity contribution in [3.63, 3.8) is 0 Å². The van der Waals surface area contributed by atoms with Gasteiger partial charge in [0.1, 0.15) is 0 Å². The second kappa shape index (κ2) is 8.76. The molecule has 4 nitrogen and oxygen atoms in total. The molecule has 0 aromatic heterocycles. The van der Waals surface area contributed by atoms with Crippen molar-refractivity contribution in [1.82, 2.24) is 10.6 Å². The van der Waals surface area contributed by atoms with Gasteiger partial charge in [0.15, 0.2) is 5.78 Å². The standard InChI is InChI=1S/C19H21BrN2O2/c1-3-21-13(2)12-22-19(24)17-7-5-4-6-16(17)18(23)14-8-10-15(20)11-9-14/h4-11,13,21H,3,12H2,1-2H3,(H,22,24)/t13-/m1/s1. The molecule has 0 radical (unpaired) electrons. The van der Waals surface area contributed by atoms with Crippen LogP contribution in [-0.2, 0) is 0 Å². The zero-order chi connectivity index (χ0) is 17.5. The lowest BCUT2D eigenvalue weighted by Crippen LogP contribution is -2.39. The Morgan fingerprint density at radius 3 is 2.29 bits per heavy atom. The summed E-state index contributed by atoms with van der Waals surface area (Å²) in [7, 11) is 0. The third kappa shape index (κ3) is 4.76. The fourth-order valence-corrected chi connectivity index (χ4v) is 2.66. The van der Waals surface area contributed by atoms with E-state index in [-0.39, 0.29) is 17.7 Å². The van der Waals surface area contributed by atoms with Crippen LogP contribution in [0, 0.1) is 0 Å². The summed E-state index contributed by atoms with van der Waals surface area (Å²) < 4.78 is 0.905. The van der Waals surface area contributed by atoms with E-state index in [0.29, 0.717) is 23.2 Å². The minimum atomic E-state index is -0.235. The highest BCUT2D eigenvalue weighted by Crippen LogP contribution is 2.17. The molecule has 0 unspecified atom stereocenters. The zero-order valence-corrected chi connectivity index (χ0v) is 15.4. The van der Waals surface area contributed by atoms with Crippen LogP contribution in [0.5, 0.6) is 0 Å². The molecule has 0 aliphatic rings. The molecule has 2 aromatic rings. The first-order chi connectivity index (χ1) is 11.5. The van der Waals surface area contributed by atoms with Crippen LogP contribution in [0.15, 0.2) is 53.0 Å². The van der Waals surface area contributed by atoms with Crippen LogP contribution in [0.2, 0.25) is 0 Å². The first-order valence-corrected chi connectivity index (χ1v) is 8.73. The van der Waals surface area contributed by atoms with Crippen LogP contribution >= 0.6 is 15.9 Å². The lowest BCUT2D eigenvalue weighted by atomic mass is 9.98. The largest absolute Gasteiger partial charge is 0.350 e. The Morgan fingerprint density at radius 2 is 1.67 bits per heavy atom. The molecule has 126 valence electrons. The Bertz CT molecular complexity index is 714. The maximum atomic E-state index is 12.7. The number of hydrogen-bond acceptors (Lipinski definition) is 3. The molecular weight excluding hydrogens is 368 g/mol. The fourth-order valence-electron chi connectivity index (χ4n) is 2.40. The van der Waals surface area contributed by atoms with Gasteiger partial charge in [-0.2, -0.15) is 0 Å². The minimum absolute atomic E-state index is 0.159. The first-order valence-electron chi connectivity index (χ1n) is 7.93. The maximum Gasteiger partial charge on any atom is 0.252 e. The summed E-state index contributed by atoms with van der Waals surface area (Å²) in [6, 6.07) is 14.2. The Balaban J connectivity index is 2.19. The Morgan fingerprint density at radius 1 is 1.04 bits per heavy atom. The van der Waals surface area contributed by atoms with Gasteiger partial charge in [0.25, 0.3) is 5.91 Å². The van der Waals surface area contributed by atoms with E-state index >= 15 is 0 Å². The van der Waals surface area contributed by atoms with Crippen LogP contribution in [0.3, 0.4) is 0 Å². The van der Waals surface area contributed by atoms with Crippen molar-refractivity contribution < 1.29 is 9.59 Å². The molecule has 1 amide bonds. The summed E-state index contributed by atoms with van der Waals surface area (Å²) >= 11 is 3.35. The first kappa shape index (κ1) is 18.4. The lowest BCUT2D eigenvalue weighted by Gasteiger charge is -2.14. The number of benzene rings is 2. The van der Waals surface area contributed by atoms with Crippen molar-refractivity contribution in [3.05, 3.63) is 69.7 Å². The minimum Gasteiger partial charge on any atom is -0.350 e. The quantitative estimate of drug-likeness (QED) is 0.714. The zero-order valence-electron chi connectivity index (χ0n) is 13.8. The van der Waals surface area contributed by atoms with E-state index < -0.39 is 0 Å². The highest BCUT2D eigenvalue weighted by Gasteiger charge is 2.18. The number of likely N-dealkylation sites (N-methyl/N-ethyl adjacent to an activating group) is 1. The summed E-state index contributed by atoms with van der Waals surface area (Å²) in [6.07, 6.45) is 0. The number of amides is 1. The molecule has 2 N–H and O–H groups in total. The Labute approximate surface area is 150 Å². The molecule has 0 saturated heterocycles. The number of hydrogen-bond donors (Lipinski definition) is 2. The van der Waals surface area contributed by atoms with Gasteiger partial charge in [0.2, 0.25) is 0 Å². The van der Waals surface area contributed by atoms with Gasteiger partial charge in [-0.05, 0) is 43.8 Å². The van der Waals surface area contributed by atoms with Gasteiger partial charge in [-0.15, -0.1) is 0 Å². The van der Waals surface area contributed by atoms with Crippen molar-refractivity contribution in [1.29, 1.82) is 0 Å². The van der Waals surface area contributed by atoms with E-state index in [1.54, 1.807) is 36.4 Å². The van der Waals surface area contributed by atoms with Gasteiger partial charge in [0, 0.05) is 28.2 Å². The number of carbonyl (C=O) groups is 2. The number of carbonyl (C=O) groups excluding carboxylic acids is 2. The smallest absolute Gasteiger partial charge is 0.252 e. The van der Waals surface area contributed by atoms with Crippen LogP contribution < -0.4 is 10.6 Å². The molecule has 5 heteroatoms. The van der Waals surface area contributed by atoms with Crippen molar-refractivity contribution in [3.8, 4) is 0 Å². The molecule has 24 heavy (non-hydrogen) atoms. The molecule has 0 aliphatic carbocycles. The number of ketones is 1. The average molecular weight is 389 g/mol. The molecular formula is C19H21BrN2O2. The Hall–Kier alpha value is -1.98. The highest BCUT2D eigenvalue weighted by molar-refractivity contribution is 9.10. The van der Waals surface area contributed by atoms with E-state index in [9.17, 15) is 9.59 Å². The molecule has 0 spiro atoms. The van der Waals surface area contributed by atoms with Crippen molar-refractivity contribution in [2.75, 3.05) is 13.1 Å². The van der Waals surface area contributed by atoms with Gasteiger partial charge in [-0.3, -0.25) is 9.59 Å². The van der Waals surface area contributed by atoms with Gasteiger partial charge >= 0.3 is 0 Å². The molecule has 2 aromatic carbocycles. The molecule has 0 aliphatic heterocycles. The van der Waals surface area contributed by atoms with E-state index in [1.165, 1.54) is 0 Å². The number of nitrogens with one attached hydrogen (secondary N) is 2. The molecule has 0 heterocycles. The summed E-state index contributed by atoms with van der Waals surface area (Å²) in [6.45, 7) is 5.37. The molecule has 0 bridgehead atoms. The topological polar surface area (TPSA) is 58.2 Å². The lowest BCUT2D eigenvalue weighted by molar-refractivity contribution is 0.0939. The monoisotopic (exact) mass is 388 g/mol. The van der Waals surface area contributed by atoms with Crippen LogP contribution in [0.4, 0.5) is 0 Å². The Kier molecular flexibility index (Phi) is 6.70. The second-order valence-corrected chi connectivity index (χ2v) is 6.47. The molecule has 1 atom stereocenters. The van der Waals surface area contributed by atoms with Crippen LogP contribution in [0.1, 0.15) is 40.1 Å². The van der Waals surface area contributed by atoms with Crippen LogP contribution in [-0.4, -0.2) is 30.8 Å². The van der Waals surface area contributed by atoms with Crippen LogP contribution in [0.25, 0.3) is 0 Å². The number of rotatable bonds is 7. The van der Waals surface area contributed by atoms with E-state index in [2.05, 4.69) is 26.6 Å². The van der Waals surface area contributed by atoms with Gasteiger partial charge < -0.3 is 10.6 Å². The van der Waals surface area contributed by atoms with E-state index in [0.717, 1.165) is 11.0 Å². The van der Waals surface area contributed by atoms with Crippen molar-refractivity contribution in [2.24, 2.45) is 0 Å². The van der Waals surface area contributed by atoms with E-state index in [4.69, 9.17) is 0 Å². The maximum absolute atomic E-state index is 12.7. The summed E-state index contributed by atoms with van der Waals surface area (Å²) in [5.41, 5.74) is 1.36. The SMILES string of the molecule is CCN[C@H](C)CNC(=O)c1ccccc1C(=O)c1ccc(Br)cc1. The van der Waals surface area contributed by atoms with Crippen molar-refractivity contribution >= 4 is 27.6 Å². The van der Waals surface area contributed by atoms with Gasteiger partial charge in [-0.1, -0.05) is 41.1 Å². The highest BCUT2D eigenvalue weighted by atomic mass is 79.9. The average Bonchev–Trinajstić information content (AvgIpc) is 2.60. The summed E-state index contributed by atoms with van der Waals surface area (Å²) in [5.74, 6) is -0.395. The van der Waals surface area contributed by atoms with Crippen molar-refractivity contribution in [2.45, 2.75) is 19.9 Å².